The van der Waals surface area contributed by atoms with Crippen LogP contribution in [0.25, 0.3) is 0 Å². The fraction of sp³-hybridized carbons (Fsp3) is 0.618. The van der Waals surface area contributed by atoms with Gasteiger partial charge in [0.25, 0.3) is 5.91 Å². The van der Waals surface area contributed by atoms with E-state index in [1.165, 1.54) is 25.5 Å². The number of hydrogen-bond acceptors (Lipinski definition) is 8. The Kier molecular flexibility index (Phi) is 31.5. The molecule has 0 aromatic carbocycles. The number of nitrogens with zero attached hydrogens (tertiary/aromatic N) is 1. The van der Waals surface area contributed by atoms with E-state index in [9.17, 15) is 14.4 Å². The Morgan fingerprint density at radius 2 is 1.77 bits per heavy atom. The van der Waals surface area contributed by atoms with Crippen molar-refractivity contribution in [2.45, 2.75) is 111 Å². The number of furan rings is 1. The maximum Gasteiger partial charge on any atom is 0.287 e. The number of nitrogens with one attached hydrogen (secondary N) is 3. The zero-order valence-electron chi connectivity index (χ0n) is 28.5. The van der Waals surface area contributed by atoms with Crippen LogP contribution in [0, 0.1) is 5.92 Å². The molecule has 0 spiro atoms. The highest BCUT2D eigenvalue weighted by Gasteiger charge is 2.21. The molecular weight excluding hydrogens is 560 g/mol. The van der Waals surface area contributed by atoms with Crippen molar-refractivity contribution in [3.63, 3.8) is 0 Å². The van der Waals surface area contributed by atoms with Crippen LogP contribution in [-0.2, 0) is 19.2 Å². The molecule has 10 nitrogen and oxygen atoms in total. The number of Topliss-reactive ketones (excluding diaryl/α,β-unsaturated/α-hetero) is 1. The van der Waals surface area contributed by atoms with Crippen molar-refractivity contribution in [3.8, 4) is 0 Å². The third-order valence-electron chi connectivity index (χ3n) is 6.81. The van der Waals surface area contributed by atoms with E-state index < -0.39 is 6.04 Å². The molecule has 44 heavy (non-hydrogen) atoms. The summed E-state index contributed by atoms with van der Waals surface area (Å²) in [4.78, 5) is 52.9. The van der Waals surface area contributed by atoms with E-state index in [-0.39, 0.29) is 17.6 Å². The van der Waals surface area contributed by atoms with E-state index >= 15 is 0 Å². The quantitative estimate of drug-likeness (QED) is 0.329. The highest BCUT2D eigenvalue weighted by molar-refractivity contribution is 5.95. The number of rotatable bonds is 9. The zero-order chi connectivity index (χ0) is 34.3. The molecule has 1 fully saturated rings. The fourth-order valence-electron chi connectivity index (χ4n) is 4.27. The minimum atomic E-state index is -0.513. The molecule has 2 amide bonds. The number of amides is 2. The van der Waals surface area contributed by atoms with Crippen molar-refractivity contribution >= 4 is 31.2 Å². The van der Waals surface area contributed by atoms with E-state index in [0.29, 0.717) is 36.8 Å². The lowest BCUT2D eigenvalue weighted by molar-refractivity contribution is -0.122. The lowest BCUT2D eigenvalue weighted by Gasteiger charge is -2.19. The molecular formula is C34H60N4O6. The second-order valence-corrected chi connectivity index (χ2v) is 10.3. The Morgan fingerprint density at radius 1 is 1.11 bits per heavy atom. The Hall–Kier alpha value is -3.53. The van der Waals surface area contributed by atoms with Gasteiger partial charge in [0.15, 0.2) is 5.76 Å². The summed E-state index contributed by atoms with van der Waals surface area (Å²) in [6.07, 6.45) is 17.6. The van der Waals surface area contributed by atoms with Crippen molar-refractivity contribution in [1.82, 2.24) is 20.9 Å². The van der Waals surface area contributed by atoms with E-state index in [1.807, 2.05) is 52.8 Å². The fourth-order valence-corrected chi connectivity index (χ4v) is 4.27. The predicted octanol–water partition coefficient (Wildman–Crippen LogP) is 5.49. The monoisotopic (exact) mass is 620 g/mol. The molecule has 0 bridgehead atoms. The molecule has 3 heterocycles. The van der Waals surface area contributed by atoms with Crippen LogP contribution in [0.1, 0.15) is 103 Å². The van der Waals surface area contributed by atoms with Crippen LogP contribution >= 0.6 is 0 Å². The van der Waals surface area contributed by atoms with Crippen molar-refractivity contribution < 1.29 is 28.4 Å². The molecule has 252 valence electrons. The second kappa shape index (κ2) is 30.9. The van der Waals surface area contributed by atoms with Gasteiger partial charge in [-0.2, -0.15) is 0 Å². The molecule has 10 heteroatoms. The van der Waals surface area contributed by atoms with Gasteiger partial charge in [-0.05, 0) is 70.5 Å². The van der Waals surface area contributed by atoms with Crippen molar-refractivity contribution in [3.05, 3.63) is 48.6 Å². The first-order valence-corrected chi connectivity index (χ1v) is 15.6. The van der Waals surface area contributed by atoms with Crippen LogP contribution < -0.4 is 16.0 Å². The minimum Gasteiger partial charge on any atom is -0.459 e. The summed E-state index contributed by atoms with van der Waals surface area (Å²) in [5.74, 6) is 0.754. The lowest BCUT2D eigenvalue weighted by atomic mass is 9.97. The van der Waals surface area contributed by atoms with Gasteiger partial charge in [-0.25, -0.2) is 0 Å². The van der Waals surface area contributed by atoms with Gasteiger partial charge in [-0.3, -0.25) is 19.3 Å². The molecule has 1 aromatic rings. The Bertz CT molecular complexity index is 902. The predicted molar refractivity (Wildman–Crippen MR) is 179 cm³/mol. The molecule has 0 saturated carbocycles. The van der Waals surface area contributed by atoms with Crippen LogP contribution in [0.4, 0.5) is 0 Å². The minimum absolute atomic E-state index is 0.168. The Labute approximate surface area is 266 Å². The summed E-state index contributed by atoms with van der Waals surface area (Å²) in [6.45, 7) is 17.3. The summed E-state index contributed by atoms with van der Waals surface area (Å²) >= 11 is 0. The number of allylic oxidation sites excluding steroid dienone is 2. The van der Waals surface area contributed by atoms with Crippen LogP contribution in [0.15, 0.2) is 47.2 Å². The topological polar surface area (TPSA) is 138 Å². The largest absolute Gasteiger partial charge is 0.459 e. The average molecular weight is 621 g/mol. The lowest BCUT2D eigenvalue weighted by Crippen LogP contribution is -2.45. The van der Waals surface area contributed by atoms with Crippen molar-refractivity contribution in [2.75, 3.05) is 20.6 Å². The van der Waals surface area contributed by atoms with E-state index in [1.54, 1.807) is 19.2 Å². The van der Waals surface area contributed by atoms with Crippen molar-refractivity contribution in [2.24, 2.45) is 5.92 Å². The van der Waals surface area contributed by atoms with Gasteiger partial charge in [0.2, 0.25) is 5.91 Å². The summed E-state index contributed by atoms with van der Waals surface area (Å²) in [6, 6.07) is 3.83. The van der Waals surface area contributed by atoms with E-state index in [4.69, 9.17) is 14.0 Å². The first kappa shape index (κ1) is 44.9. The number of ketones is 1. The van der Waals surface area contributed by atoms with Crippen LogP contribution in [0.2, 0.25) is 0 Å². The smallest absolute Gasteiger partial charge is 0.287 e. The normalized spacial score (nSPS) is 18.0. The standard InChI is InChI=1S/C16H26N2O3.C8H15NO.C6H9N.C2H6.2CH2O/c1-4-7-12(2)8-5-9-13(15(19)17-3)18-16(20)14-10-6-11-21-14;1-7-4-3-5-8(10)6-9(7)2;1-6-4-2-3-5-7-6;3*1-2/h6,10-13H,4-5,7-9H2,1-3H3,(H,17,19)(H,18,20);7H,3-6H2,1-2H3;2-7H,1H3;1-2H3;2*1H2/t;7-;;;;/m.1..../s1. The highest BCUT2D eigenvalue weighted by atomic mass is 16.3. The second-order valence-electron chi connectivity index (χ2n) is 10.3. The molecule has 0 radical (unpaired) electrons. The van der Waals surface area contributed by atoms with Gasteiger partial charge >= 0.3 is 0 Å². The molecule has 1 saturated heterocycles. The van der Waals surface area contributed by atoms with Crippen LogP contribution in [0.3, 0.4) is 0 Å². The molecule has 3 rings (SSSR count). The number of carbonyl (C=O) groups excluding carboxylic acids is 5. The third-order valence-corrected chi connectivity index (χ3v) is 6.81. The maximum atomic E-state index is 12.0. The molecule has 2 aliphatic heterocycles. The summed E-state index contributed by atoms with van der Waals surface area (Å²) in [5, 5.41) is 8.44. The van der Waals surface area contributed by atoms with E-state index in [2.05, 4.69) is 54.6 Å². The molecule has 4 atom stereocenters. The molecule has 3 unspecified atom stereocenters. The molecule has 0 aliphatic carbocycles. The number of carbonyl (C=O) groups is 5. The van der Waals surface area contributed by atoms with Crippen LogP contribution in [-0.4, -0.2) is 74.8 Å². The summed E-state index contributed by atoms with van der Waals surface area (Å²) in [5.41, 5.74) is 0. The first-order valence-electron chi connectivity index (χ1n) is 15.6. The first-order chi connectivity index (χ1) is 21.2. The SMILES string of the molecule is C=O.C=O.CC.CC1C=CC=CN1.CCCC(C)CCCC(NC(=O)c1ccco1)C(=O)NC.C[C@@H]1CCCC(=O)CN1C. The number of hydrogen-bond donors (Lipinski definition) is 3. The van der Waals surface area contributed by atoms with Gasteiger partial charge in [0.1, 0.15) is 25.4 Å². The van der Waals surface area contributed by atoms with Gasteiger partial charge in [-0.1, -0.05) is 65.5 Å². The van der Waals surface area contributed by atoms with E-state index in [0.717, 1.165) is 25.7 Å². The van der Waals surface area contributed by atoms with Crippen LogP contribution in [0.5, 0.6) is 0 Å². The highest BCUT2D eigenvalue weighted by Crippen LogP contribution is 2.15. The van der Waals surface area contributed by atoms with Gasteiger partial charge in [0, 0.05) is 25.6 Å². The number of dihydropyridines is 1. The molecule has 3 N–H and O–H groups in total. The summed E-state index contributed by atoms with van der Waals surface area (Å²) in [7, 11) is 3.60. The van der Waals surface area contributed by atoms with Gasteiger partial charge < -0.3 is 30.0 Å². The third kappa shape index (κ3) is 23.0. The van der Waals surface area contributed by atoms with Gasteiger partial charge in [0.05, 0.1) is 12.8 Å². The summed E-state index contributed by atoms with van der Waals surface area (Å²) < 4.78 is 5.04. The average Bonchev–Trinajstić information content (AvgIpc) is 3.55. The number of likely N-dealkylation sites (N-methyl/N-ethyl adjacent to an activating group) is 2. The zero-order valence-corrected chi connectivity index (χ0v) is 28.5. The van der Waals surface area contributed by atoms with Crippen molar-refractivity contribution in [1.29, 1.82) is 0 Å². The molecule has 2 aliphatic rings. The Morgan fingerprint density at radius 3 is 2.25 bits per heavy atom. The molecule has 1 aromatic heterocycles. The maximum absolute atomic E-state index is 12.0. The number of likely N-dealkylation sites (tertiary alicyclic amines) is 1. The Balaban J connectivity index is -0.000000602. The van der Waals surface area contributed by atoms with Gasteiger partial charge in [-0.15, -0.1) is 0 Å².